The van der Waals surface area contributed by atoms with Gasteiger partial charge in [-0.05, 0) is 36.4 Å². The minimum Gasteiger partial charge on any atom is -0.478 e. The van der Waals surface area contributed by atoms with Crippen LogP contribution in [-0.2, 0) is 20.0 Å². The third kappa shape index (κ3) is 5.04. The van der Waals surface area contributed by atoms with E-state index >= 15 is 0 Å². The molecular weight excluding hydrogens is 450 g/mol. The lowest BCUT2D eigenvalue weighted by atomic mass is 10.3. The first kappa shape index (κ1) is 21.9. The van der Waals surface area contributed by atoms with Crippen LogP contribution in [-0.4, -0.2) is 38.8 Å². The van der Waals surface area contributed by atoms with Crippen molar-refractivity contribution in [3.05, 3.63) is 71.0 Å². The summed E-state index contributed by atoms with van der Waals surface area (Å²) in [5.41, 5.74) is -0.157. The quantitative estimate of drug-likeness (QED) is 0.373. The Morgan fingerprint density at radius 1 is 0.839 bits per heavy atom. The van der Waals surface area contributed by atoms with E-state index in [1.54, 1.807) is 0 Å². The highest BCUT2D eigenvalue weighted by atomic mass is 32.2. The van der Waals surface area contributed by atoms with Gasteiger partial charge in [0, 0.05) is 30.2 Å². The number of nitrogens with one attached hydrogen (secondary N) is 2. The molecule has 0 saturated heterocycles. The Kier molecular flexibility index (Phi) is 6.03. The average molecular weight is 465 g/mol. The summed E-state index contributed by atoms with van der Waals surface area (Å²) in [7, 11) is -6.77. The highest BCUT2D eigenvalue weighted by Crippen LogP contribution is 2.23. The van der Waals surface area contributed by atoms with Gasteiger partial charge in [-0.15, -0.1) is 0 Å². The molecule has 0 amide bonds. The fourth-order valence-corrected chi connectivity index (χ4v) is 4.46. The molecule has 0 aliphatic carbocycles. The topological polar surface area (TPSA) is 170 Å². The van der Waals surface area contributed by atoms with Gasteiger partial charge in [0.2, 0.25) is 5.82 Å². The minimum atomic E-state index is -4.05. The van der Waals surface area contributed by atoms with Crippen molar-refractivity contribution in [2.24, 2.45) is 0 Å². The van der Waals surface area contributed by atoms with Gasteiger partial charge < -0.3 is 4.74 Å². The van der Waals surface area contributed by atoms with Gasteiger partial charge in [-0.1, -0.05) is 0 Å². The Balaban J connectivity index is 1.78. The van der Waals surface area contributed by atoms with Crippen molar-refractivity contribution in [3.63, 3.8) is 0 Å². The summed E-state index contributed by atoms with van der Waals surface area (Å²) in [5.74, 6) is -0.119. The first-order valence-corrected chi connectivity index (χ1v) is 11.3. The first-order chi connectivity index (χ1) is 14.6. The molecule has 0 aliphatic rings. The number of methoxy groups -OCH3 is 1. The smallest absolute Gasteiger partial charge is 0.269 e. The van der Waals surface area contributed by atoms with Crippen LogP contribution < -0.4 is 14.2 Å². The van der Waals surface area contributed by atoms with Crippen LogP contribution in [0.15, 0.2) is 70.7 Å². The molecule has 0 bridgehead atoms. The molecule has 0 aliphatic heterocycles. The number of rotatable bonds is 8. The summed E-state index contributed by atoms with van der Waals surface area (Å²) >= 11 is 0. The number of nitro groups is 1. The summed E-state index contributed by atoms with van der Waals surface area (Å²) < 4.78 is 59.4. The van der Waals surface area contributed by atoms with Gasteiger partial charge in [-0.3, -0.25) is 19.6 Å². The molecule has 0 saturated carbocycles. The predicted octanol–water partition coefficient (Wildman–Crippen LogP) is 1.99. The maximum atomic E-state index is 12.5. The minimum absolute atomic E-state index is 0.0152. The van der Waals surface area contributed by atoms with E-state index in [0.29, 0.717) is 0 Å². The lowest BCUT2D eigenvalue weighted by molar-refractivity contribution is -0.384. The molecule has 3 aromatic rings. The van der Waals surface area contributed by atoms with Gasteiger partial charge in [0.1, 0.15) is 0 Å². The second-order valence-corrected chi connectivity index (χ2v) is 9.27. The Labute approximate surface area is 177 Å². The number of aromatic nitrogens is 2. The number of anilines is 2. The first-order valence-electron chi connectivity index (χ1n) is 8.37. The fraction of sp³-hybridized carbons (Fsp3) is 0.0588. The van der Waals surface area contributed by atoms with E-state index in [2.05, 4.69) is 19.4 Å². The second kappa shape index (κ2) is 8.53. The summed E-state index contributed by atoms with van der Waals surface area (Å²) in [5, 5.41) is 10.7. The van der Waals surface area contributed by atoms with Gasteiger partial charge in [-0.25, -0.2) is 26.8 Å². The van der Waals surface area contributed by atoms with E-state index in [-0.39, 0.29) is 32.9 Å². The largest absolute Gasteiger partial charge is 0.478 e. The molecule has 1 heterocycles. The number of nitro benzene ring substituents is 1. The monoisotopic (exact) mass is 465 g/mol. The number of nitrogens with zero attached hydrogens (tertiary/aromatic N) is 3. The Morgan fingerprint density at radius 3 is 1.90 bits per heavy atom. The van der Waals surface area contributed by atoms with Crippen LogP contribution in [0.1, 0.15) is 0 Å². The van der Waals surface area contributed by atoms with E-state index < -0.39 is 25.0 Å². The van der Waals surface area contributed by atoms with Gasteiger partial charge in [0.15, 0.2) is 0 Å². The molecule has 2 aromatic carbocycles. The normalized spacial score (nSPS) is 11.5. The van der Waals surface area contributed by atoms with Crippen molar-refractivity contribution in [2.45, 2.75) is 9.79 Å². The van der Waals surface area contributed by atoms with Crippen molar-refractivity contribution >= 4 is 37.2 Å². The highest BCUT2D eigenvalue weighted by Gasteiger charge is 2.20. The molecule has 3 rings (SSSR count). The second-order valence-electron chi connectivity index (χ2n) is 5.90. The van der Waals surface area contributed by atoms with Crippen LogP contribution >= 0.6 is 0 Å². The van der Waals surface area contributed by atoms with Crippen LogP contribution in [0.4, 0.5) is 17.2 Å². The SMILES string of the molecule is COc1nccnc1NS(=O)(=O)c1ccc(NS(=O)(=O)c2ccc([N+](=O)[O-])cc2)cc1. The number of hydrogen-bond donors (Lipinski definition) is 2. The van der Waals surface area contributed by atoms with Crippen LogP contribution in [0.3, 0.4) is 0 Å². The average Bonchev–Trinajstić information content (AvgIpc) is 2.74. The van der Waals surface area contributed by atoms with E-state index in [4.69, 9.17) is 4.74 Å². The zero-order valence-electron chi connectivity index (χ0n) is 15.8. The van der Waals surface area contributed by atoms with E-state index in [0.717, 1.165) is 24.3 Å². The highest BCUT2D eigenvalue weighted by molar-refractivity contribution is 7.93. The van der Waals surface area contributed by atoms with Gasteiger partial charge in [-0.2, -0.15) is 0 Å². The van der Waals surface area contributed by atoms with Crippen molar-refractivity contribution in [3.8, 4) is 5.88 Å². The van der Waals surface area contributed by atoms with Crippen molar-refractivity contribution in [1.82, 2.24) is 9.97 Å². The Morgan fingerprint density at radius 2 is 1.35 bits per heavy atom. The van der Waals surface area contributed by atoms with Crippen LogP contribution in [0.2, 0.25) is 0 Å². The standard InChI is InChI=1S/C17H15N5O7S2/c1-29-17-16(18-10-11-19-17)21-31(27,28)14-6-2-12(3-7-14)20-30(25,26)15-8-4-13(5-9-15)22(23)24/h2-11,20H,1H3,(H,18,21). The van der Waals surface area contributed by atoms with Gasteiger partial charge >= 0.3 is 0 Å². The summed E-state index contributed by atoms with van der Waals surface area (Å²) in [6, 6.07) is 9.22. The van der Waals surface area contributed by atoms with Crippen molar-refractivity contribution < 1.29 is 26.5 Å². The van der Waals surface area contributed by atoms with E-state index in [1.165, 1.54) is 43.8 Å². The number of ether oxygens (including phenoxy) is 1. The summed E-state index contributed by atoms with van der Waals surface area (Å²) in [6.45, 7) is 0. The lowest BCUT2D eigenvalue weighted by Crippen LogP contribution is -2.16. The predicted molar refractivity (Wildman–Crippen MR) is 110 cm³/mol. The van der Waals surface area contributed by atoms with Crippen LogP contribution in [0, 0.1) is 10.1 Å². The molecular formula is C17H15N5O7S2. The number of benzene rings is 2. The van der Waals surface area contributed by atoms with Gasteiger partial charge in [0.05, 0.1) is 21.8 Å². The zero-order chi connectivity index (χ0) is 22.6. The fourth-order valence-electron chi connectivity index (χ4n) is 2.39. The maximum Gasteiger partial charge on any atom is 0.269 e. The molecule has 0 spiro atoms. The lowest BCUT2D eigenvalue weighted by Gasteiger charge is -2.11. The molecule has 0 unspecified atom stereocenters. The number of sulfonamides is 2. The summed E-state index contributed by atoms with van der Waals surface area (Å²) in [4.78, 5) is 17.4. The van der Waals surface area contributed by atoms with Crippen LogP contribution in [0.25, 0.3) is 0 Å². The summed E-state index contributed by atoms with van der Waals surface area (Å²) in [6.07, 6.45) is 2.62. The molecule has 0 radical (unpaired) electrons. The van der Waals surface area contributed by atoms with Crippen molar-refractivity contribution in [2.75, 3.05) is 16.6 Å². The molecule has 12 nitrogen and oxygen atoms in total. The molecule has 31 heavy (non-hydrogen) atoms. The molecule has 162 valence electrons. The molecule has 0 fully saturated rings. The molecule has 14 heteroatoms. The Bertz CT molecular complexity index is 1310. The third-order valence-electron chi connectivity index (χ3n) is 3.86. The molecule has 2 N–H and O–H groups in total. The van der Waals surface area contributed by atoms with Gasteiger partial charge in [0.25, 0.3) is 31.6 Å². The van der Waals surface area contributed by atoms with Crippen molar-refractivity contribution in [1.29, 1.82) is 0 Å². The van der Waals surface area contributed by atoms with E-state index in [1.807, 2.05) is 0 Å². The van der Waals surface area contributed by atoms with E-state index in [9.17, 15) is 26.9 Å². The Hall–Kier alpha value is -3.78. The third-order valence-corrected chi connectivity index (χ3v) is 6.62. The van der Waals surface area contributed by atoms with Crippen LogP contribution in [0.5, 0.6) is 5.88 Å². The maximum absolute atomic E-state index is 12.5. The number of hydrogen-bond acceptors (Lipinski definition) is 9. The zero-order valence-corrected chi connectivity index (χ0v) is 17.4. The molecule has 0 atom stereocenters. The number of non-ortho nitro benzene ring substituents is 1. The molecule has 1 aromatic heterocycles.